The third-order valence-electron chi connectivity index (χ3n) is 4.56. The standard InChI is InChI=1S/C17H27N3O.2ClH/c1-12(10-19-17(21)13(2)14(3)18)20-9-8-15-6-4-5-7-16(15)11-20;;/h4-7,12-14H,8-11,18H2,1-3H3,(H,19,21);2*1H. The van der Waals surface area contributed by atoms with Crippen molar-refractivity contribution in [3.05, 3.63) is 35.4 Å². The van der Waals surface area contributed by atoms with Gasteiger partial charge in [-0.15, -0.1) is 24.8 Å². The zero-order valence-corrected chi connectivity index (χ0v) is 15.8. The summed E-state index contributed by atoms with van der Waals surface area (Å²) in [7, 11) is 0. The smallest absolute Gasteiger partial charge is 0.224 e. The molecule has 1 aromatic rings. The summed E-state index contributed by atoms with van der Waals surface area (Å²) in [6.07, 6.45) is 1.09. The van der Waals surface area contributed by atoms with E-state index in [-0.39, 0.29) is 42.7 Å². The average molecular weight is 362 g/mol. The molecule has 1 aromatic carbocycles. The maximum atomic E-state index is 12.0. The Morgan fingerprint density at radius 1 is 1.22 bits per heavy atom. The fourth-order valence-electron chi connectivity index (χ4n) is 2.67. The van der Waals surface area contributed by atoms with Crippen LogP contribution >= 0.6 is 24.8 Å². The van der Waals surface area contributed by atoms with Crippen LogP contribution in [0.25, 0.3) is 0 Å². The van der Waals surface area contributed by atoms with Crippen molar-refractivity contribution in [2.45, 2.75) is 45.8 Å². The van der Waals surface area contributed by atoms with Crippen LogP contribution in [0.3, 0.4) is 0 Å². The molecule has 0 radical (unpaired) electrons. The number of fused-ring (bicyclic) bond motifs is 1. The van der Waals surface area contributed by atoms with E-state index in [0.717, 1.165) is 19.5 Å². The molecular formula is C17H29Cl2N3O. The third-order valence-corrected chi connectivity index (χ3v) is 4.56. The second-order valence-electron chi connectivity index (χ2n) is 6.23. The number of nitrogens with zero attached hydrogens (tertiary/aromatic N) is 1. The fourth-order valence-corrected chi connectivity index (χ4v) is 2.67. The van der Waals surface area contributed by atoms with E-state index in [1.807, 2.05) is 13.8 Å². The van der Waals surface area contributed by atoms with Gasteiger partial charge in [0.2, 0.25) is 5.91 Å². The van der Waals surface area contributed by atoms with Crippen molar-refractivity contribution in [2.75, 3.05) is 13.1 Å². The first-order valence-electron chi connectivity index (χ1n) is 7.83. The Morgan fingerprint density at radius 3 is 2.43 bits per heavy atom. The molecule has 4 nitrogen and oxygen atoms in total. The first-order chi connectivity index (χ1) is 9.99. The van der Waals surface area contributed by atoms with E-state index in [1.165, 1.54) is 11.1 Å². The molecule has 3 N–H and O–H groups in total. The zero-order chi connectivity index (χ0) is 15.4. The summed E-state index contributed by atoms with van der Waals surface area (Å²) in [5, 5.41) is 3.02. The summed E-state index contributed by atoms with van der Waals surface area (Å²) in [6, 6.07) is 8.84. The first kappa shape index (κ1) is 22.2. The summed E-state index contributed by atoms with van der Waals surface area (Å²) < 4.78 is 0. The molecule has 0 fully saturated rings. The van der Waals surface area contributed by atoms with Gasteiger partial charge in [0.15, 0.2) is 0 Å². The molecule has 3 unspecified atom stereocenters. The average Bonchev–Trinajstić information content (AvgIpc) is 2.50. The number of nitrogens with two attached hydrogens (primary N) is 1. The van der Waals surface area contributed by atoms with Gasteiger partial charge in [-0.1, -0.05) is 31.2 Å². The highest BCUT2D eigenvalue weighted by Crippen LogP contribution is 2.19. The Balaban J connectivity index is 0.00000242. The van der Waals surface area contributed by atoms with Gasteiger partial charge < -0.3 is 11.1 Å². The summed E-state index contributed by atoms with van der Waals surface area (Å²) in [5.41, 5.74) is 8.63. The zero-order valence-electron chi connectivity index (χ0n) is 14.1. The monoisotopic (exact) mass is 361 g/mol. The minimum atomic E-state index is -0.140. The molecule has 0 saturated carbocycles. The van der Waals surface area contributed by atoms with Crippen molar-refractivity contribution in [1.29, 1.82) is 0 Å². The van der Waals surface area contributed by atoms with Crippen LogP contribution in [0.4, 0.5) is 0 Å². The molecule has 0 spiro atoms. The molecule has 1 aliphatic rings. The van der Waals surface area contributed by atoms with Crippen LogP contribution in [0.2, 0.25) is 0 Å². The number of hydrogen-bond acceptors (Lipinski definition) is 3. The van der Waals surface area contributed by atoms with Gasteiger partial charge in [-0.25, -0.2) is 0 Å². The third kappa shape index (κ3) is 5.96. The molecule has 2 rings (SSSR count). The van der Waals surface area contributed by atoms with E-state index in [1.54, 1.807) is 0 Å². The van der Waals surface area contributed by atoms with Gasteiger partial charge >= 0.3 is 0 Å². The van der Waals surface area contributed by atoms with Crippen LogP contribution in [0.15, 0.2) is 24.3 Å². The maximum Gasteiger partial charge on any atom is 0.224 e. The van der Waals surface area contributed by atoms with E-state index in [0.29, 0.717) is 12.6 Å². The molecule has 0 saturated heterocycles. The number of hydrogen-bond donors (Lipinski definition) is 2. The van der Waals surface area contributed by atoms with Gasteiger partial charge in [0.25, 0.3) is 0 Å². The minimum Gasteiger partial charge on any atom is -0.354 e. The van der Waals surface area contributed by atoms with E-state index in [2.05, 4.69) is 41.4 Å². The molecule has 1 heterocycles. The number of benzene rings is 1. The molecule has 132 valence electrons. The lowest BCUT2D eigenvalue weighted by molar-refractivity contribution is -0.125. The summed E-state index contributed by atoms with van der Waals surface area (Å²) in [4.78, 5) is 14.4. The lowest BCUT2D eigenvalue weighted by Gasteiger charge is -2.34. The molecule has 0 aromatic heterocycles. The normalized spacial score (nSPS) is 17.7. The molecule has 0 bridgehead atoms. The summed E-state index contributed by atoms with van der Waals surface area (Å²) in [5.74, 6) is -0.0893. The van der Waals surface area contributed by atoms with Gasteiger partial charge in [0, 0.05) is 37.6 Å². The highest BCUT2D eigenvalue weighted by Gasteiger charge is 2.22. The number of amides is 1. The molecule has 3 atom stereocenters. The topological polar surface area (TPSA) is 58.4 Å². The lowest BCUT2D eigenvalue weighted by atomic mass is 9.98. The molecule has 23 heavy (non-hydrogen) atoms. The number of carbonyl (C=O) groups is 1. The molecule has 6 heteroatoms. The highest BCUT2D eigenvalue weighted by atomic mass is 35.5. The largest absolute Gasteiger partial charge is 0.354 e. The van der Waals surface area contributed by atoms with Crippen molar-refractivity contribution >= 4 is 30.7 Å². The molecule has 1 amide bonds. The van der Waals surface area contributed by atoms with Crippen molar-refractivity contribution in [3.8, 4) is 0 Å². The van der Waals surface area contributed by atoms with E-state index in [9.17, 15) is 4.79 Å². The molecule has 1 aliphatic heterocycles. The number of halogens is 2. The van der Waals surface area contributed by atoms with E-state index < -0.39 is 0 Å². The quantitative estimate of drug-likeness (QED) is 0.846. The minimum absolute atomic E-state index is 0. The maximum absolute atomic E-state index is 12.0. The van der Waals surface area contributed by atoms with Crippen LogP contribution in [0, 0.1) is 5.92 Å². The Morgan fingerprint density at radius 2 is 1.83 bits per heavy atom. The van der Waals surface area contributed by atoms with Crippen LogP contribution in [-0.4, -0.2) is 36.0 Å². The van der Waals surface area contributed by atoms with Crippen LogP contribution in [-0.2, 0) is 17.8 Å². The van der Waals surface area contributed by atoms with E-state index >= 15 is 0 Å². The SMILES string of the molecule is CC(N)C(C)C(=O)NCC(C)N1CCc2ccccc2C1.Cl.Cl. The highest BCUT2D eigenvalue weighted by molar-refractivity contribution is 5.85. The fraction of sp³-hybridized carbons (Fsp3) is 0.588. The second kappa shape index (κ2) is 10.1. The van der Waals surface area contributed by atoms with Gasteiger partial charge in [-0.05, 0) is 31.4 Å². The number of carbonyl (C=O) groups excluding carboxylic acids is 1. The van der Waals surface area contributed by atoms with Crippen LogP contribution in [0.1, 0.15) is 31.9 Å². The van der Waals surface area contributed by atoms with Crippen LogP contribution < -0.4 is 11.1 Å². The molecule has 0 aliphatic carbocycles. The first-order valence-corrected chi connectivity index (χ1v) is 7.83. The lowest BCUT2D eigenvalue weighted by Crippen LogP contribution is -2.47. The van der Waals surface area contributed by atoms with Gasteiger partial charge in [0.1, 0.15) is 0 Å². The Labute approximate surface area is 152 Å². The Kier molecular flexibility index (Phi) is 9.78. The Hall–Kier alpha value is -0.810. The predicted molar refractivity (Wildman–Crippen MR) is 100 cm³/mol. The summed E-state index contributed by atoms with van der Waals surface area (Å²) >= 11 is 0. The van der Waals surface area contributed by atoms with Crippen molar-refractivity contribution in [3.63, 3.8) is 0 Å². The number of nitrogens with one attached hydrogen (secondary N) is 1. The van der Waals surface area contributed by atoms with Crippen molar-refractivity contribution in [1.82, 2.24) is 10.2 Å². The summed E-state index contributed by atoms with van der Waals surface area (Å²) in [6.45, 7) is 8.62. The predicted octanol–water partition coefficient (Wildman–Crippen LogP) is 2.38. The van der Waals surface area contributed by atoms with Gasteiger partial charge in [-0.3, -0.25) is 9.69 Å². The van der Waals surface area contributed by atoms with Crippen LogP contribution in [0.5, 0.6) is 0 Å². The van der Waals surface area contributed by atoms with Crippen molar-refractivity contribution in [2.24, 2.45) is 11.7 Å². The second-order valence-corrected chi connectivity index (χ2v) is 6.23. The van der Waals surface area contributed by atoms with E-state index in [4.69, 9.17) is 5.73 Å². The number of rotatable bonds is 5. The Bertz CT molecular complexity index is 496. The van der Waals surface area contributed by atoms with Crippen molar-refractivity contribution < 1.29 is 4.79 Å². The van der Waals surface area contributed by atoms with Gasteiger partial charge in [-0.2, -0.15) is 0 Å². The molecular weight excluding hydrogens is 333 g/mol. The van der Waals surface area contributed by atoms with Gasteiger partial charge in [0.05, 0.1) is 0 Å².